The Hall–Kier alpha value is -4.10. The van der Waals surface area contributed by atoms with Crippen LogP contribution in [0.2, 0.25) is 0 Å². The van der Waals surface area contributed by atoms with Gasteiger partial charge in [-0.15, -0.1) is 0 Å². The Morgan fingerprint density at radius 2 is 1.67 bits per heavy atom. The van der Waals surface area contributed by atoms with Gasteiger partial charge in [0.15, 0.2) is 0 Å². The van der Waals surface area contributed by atoms with Crippen LogP contribution in [0, 0.1) is 44.6 Å². The molecule has 3 rings (SSSR count). The van der Waals surface area contributed by atoms with Crippen molar-refractivity contribution in [3.63, 3.8) is 0 Å². The summed E-state index contributed by atoms with van der Waals surface area (Å²) in [4.78, 5) is 4.35. The van der Waals surface area contributed by atoms with Crippen molar-refractivity contribution in [3.05, 3.63) is 71.2 Å². The van der Waals surface area contributed by atoms with Crippen molar-refractivity contribution >= 4 is 5.57 Å². The van der Waals surface area contributed by atoms with Crippen LogP contribution in [0.4, 0.5) is 0 Å². The fraction of sp³-hybridized carbons (Fsp3) is 0.438. The second-order valence-electron chi connectivity index (χ2n) is 7.61. The van der Waals surface area contributed by atoms with Gasteiger partial charge in [0, 0.05) is 46.1 Å². The molecule has 2 N–H and O–H groups in total. The molecule has 3 aromatic heterocycles. The molecule has 0 aliphatic heterocycles. The van der Waals surface area contributed by atoms with E-state index in [4.69, 9.17) is 11.7 Å². The summed E-state index contributed by atoms with van der Waals surface area (Å²) in [5.74, 6) is 0. The van der Waals surface area contributed by atoms with Gasteiger partial charge in [0.05, 0.1) is 31.4 Å². The highest BCUT2D eigenvalue weighted by molar-refractivity contribution is 5.75. The van der Waals surface area contributed by atoms with Gasteiger partial charge in [0.25, 0.3) is 0 Å². The van der Waals surface area contributed by atoms with Crippen LogP contribution in [-0.2, 0) is 6.54 Å². The summed E-state index contributed by atoms with van der Waals surface area (Å²) >= 11 is 0. The smallest absolute Gasteiger partial charge is 0.0641 e. The third-order valence-corrected chi connectivity index (χ3v) is 4.71. The van der Waals surface area contributed by atoms with E-state index in [1.54, 1.807) is 4.68 Å². The van der Waals surface area contributed by atoms with Crippen LogP contribution < -0.4 is 5.32 Å². The molecule has 0 saturated carbocycles. The molecule has 0 unspecified atom stereocenters. The van der Waals surface area contributed by atoms with E-state index in [-0.39, 0.29) is 0 Å². The topological polar surface area (TPSA) is 95.2 Å². The number of aromatic nitrogens is 5. The van der Waals surface area contributed by atoms with Gasteiger partial charge in [0.1, 0.15) is 0 Å². The maximum absolute atomic E-state index is 8.52. The van der Waals surface area contributed by atoms with Crippen LogP contribution in [0.3, 0.4) is 0 Å². The van der Waals surface area contributed by atoms with E-state index < -0.39 is 0 Å². The molecule has 7 nitrogen and oxygen atoms in total. The van der Waals surface area contributed by atoms with E-state index in [1.807, 2.05) is 106 Å². The SMILES string of the molecule is C#CN/C(C)=C\C(=C/CC)c1cn[nH]c1C.CC.CC.CC.Cc1cc(-c2cnn(CCC#N)c2)cc(C)n1. The van der Waals surface area contributed by atoms with Crippen molar-refractivity contribution in [1.82, 2.24) is 30.3 Å². The lowest BCUT2D eigenvalue weighted by atomic mass is 10.0. The van der Waals surface area contributed by atoms with E-state index in [0.29, 0.717) is 13.0 Å². The molecule has 0 saturated heterocycles. The Kier molecular flexibility index (Phi) is 21.9. The highest BCUT2D eigenvalue weighted by Crippen LogP contribution is 2.21. The molecule has 0 radical (unpaired) electrons. The molecular formula is C32H49N7. The van der Waals surface area contributed by atoms with Crippen LogP contribution in [0.15, 0.2) is 48.6 Å². The number of aryl methyl sites for hydroxylation is 4. The van der Waals surface area contributed by atoms with Crippen LogP contribution in [0.25, 0.3) is 16.7 Å². The van der Waals surface area contributed by atoms with Crippen LogP contribution >= 0.6 is 0 Å². The number of pyridine rings is 1. The van der Waals surface area contributed by atoms with Crippen molar-refractivity contribution in [1.29, 1.82) is 5.26 Å². The fourth-order valence-electron chi connectivity index (χ4n) is 3.29. The molecule has 0 fully saturated rings. The van der Waals surface area contributed by atoms with Crippen molar-refractivity contribution in [2.24, 2.45) is 0 Å². The Balaban J connectivity index is 0. The number of terminal acetylenes is 1. The molecule has 3 aromatic rings. The number of nitrogens with zero attached hydrogens (tertiary/aromatic N) is 5. The number of rotatable bonds is 7. The summed E-state index contributed by atoms with van der Waals surface area (Å²) in [7, 11) is 0. The van der Waals surface area contributed by atoms with Gasteiger partial charge in [0.2, 0.25) is 0 Å². The van der Waals surface area contributed by atoms with Gasteiger partial charge in [-0.2, -0.15) is 15.5 Å². The normalized spacial score (nSPS) is 9.97. The maximum atomic E-state index is 8.52. The monoisotopic (exact) mass is 531 g/mol. The van der Waals surface area contributed by atoms with Crippen molar-refractivity contribution in [2.75, 3.05) is 0 Å². The second-order valence-corrected chi connectivity index (χ2v) is 7.61. The molecular weight excluding hydrogens is 482 g/mol. The van der Waals surface area contributed by atoms with E-state index in [9.17, 15) is 0 Å². The minimum absolute atomic E-state index is 0.482. The molecule has 7 heteroatoms. The van der Waals surface area contributed by atoms with Gasteiger partial charge in [-0.3, -0.25) is 14.8 Å². The van der Waals surface area contributed by atoms with Crippen molar-refractivity contribution in [3.8, 4) is 29.7 Å². The first-order valence-corrected chi connectivity index (χ1v) is 13.8. The minimum atomic E-state index is 0.482. The van der Waals surface area contributed by atoms with Crippen molar-refractivity contribution in [2.45, 2.75) is 95.5 Å². The zero-order valence-corrected chi connectivity index (χ0v) is 26.0. The lowest BCUT2D eigenvalue weighted by Crippen LogP contribution is -2.01. The molecule has 0 bridgehead atoms. The zero-order chi connectivity index (χ0) is 30.2. The Labute approximate surface area is 237 Å². The maximum Gasteiger partial charge on any atom is 0.0641 e. The number of allylic oxidation sites excluding steroid dienone is 4. The second kappa shape index (κ2) is 23.0. The predicted molar refractivity (Wildman–Crippen MR) is 167 cm³/mol. The number of nitrogens with one attached hydrogen (secondary N) is 2. The van der Waals surface area contributed by atoms with Crippen molar-refractivity contribution < 1.29 is 0 Å². The summed E-state index contributed by atoms with van der Waals surface area (Å²) in [6, 6.07) is 8.60. The first-order chi connectivity index (χ1) is 18.9. The first-order valence-electron chi connectivity index (χ1n) is 13.8. The third kappa shape index (κ3) is 14.4. The Morgan fingerprint density at radius 3 is 2.15 bits per heavy atom. The number of aromatic amines is 1. The van der Waals surface area contributed by atoms with Gasteiger partial charge in [-0.25, -0.2) is 0 Å². The predicted octanol–water partition coefficient (Wildman–Crippen LogP) is 8.15. The fourth-order valence-corrected chi connectivity index (χ4v) is 3.29. The van der Waals surface area contributed by atoms with Crippen LogP contribution in [0.1, 0.15) is 90.9 Å². The molecule has 39 heavy (non-hydrogen) atoms. The lowest BCUT2D eigenvalue weighted by Gasteiger charge is -2.03. The van der Waals surface area contributed by atoms with Gasteiger partial charge in [-0.1, -0.05) is 61.0 Å². The number of hydrogen-bond donors (Lipinski definition) is 2. The Morgan fingerprint density at radius 1 is 1.05 bits per heavy atom. The highest BCUT2D eigenvalue weighted by atomic mass is 15.3. The molecule has 0 aromatic carbocycles. The largest absolute Gasteiger partial charge is 0.319 e. The average Bonchev–Trinajstić information content (AvgIpc) is 3.60. The zero-order valence-electron chi connectivity index (χ0n) is 26.0. The lowest BCUT2D eigenvalue weighted by molar-refractivity contribution is 0.628. The van der Waals surface area contributed by atoms with Crippen LogP contribution in [-0.4, -0.2) is 25.0 Å². The quantitative estimate of drug-likeness (QED) is 0.182. The average molecular weight is 532 g/mol. The summed E-state index contributed by atoms with van der Waals surface area (Å²) in [5, 5.41) is 22.5. The minimum Gasteiger partial charge on any atom is -0.319 e. The molecule has 0 aliphatic rings. The first kappa shape index (κ1) is 37.1. The molecule has 3 heterocycles. The number of hydrogen-bond acceptors (Lipinski definition) is 5. The summed E-state index contributed by atoms with van der Waals surface area (Å²) < 4.78 is 1.80. The molecule has 0 amide bonds. The standard InChI is InChI=1S/C13H14N4.C13H17N3.3C2H6/c1-10-6-12(7-11(2)16-10)13-8-15-17(9-13)5-3-4-14;1-5-7-12(8-10(3)14-6-2)13-9-15-16-11(13)4;3*1-2/h6-9H,3,5H2,1-2H3;2,7-9,14H,5H2,1,3-4H3,(H,15,16);3*1-2H3/b;10-8-,12-7+;;;. The summed E-state index contributed by atoms with van der Waals surface area (Å²) in [5.41, 5.74) is 8.45. The van der Waals surface area contributed by atoms with E-state index in [2.05, 4.69) is 50.7 Å². The highest BCUT2D eigenvalue weighted by Gasteiger charge is 2.05. The van der Waals surface area contributed by atoms with Gasteiger partial charge in [-0.05, 0) is 63.5 Å². The molecule has 0 aliphatic carbocycles. The van der Waals surface area contributed by atoms with Crippen LogP contribution in [0.5, 0.6) is 0 Å². The third-order valence-electron chi connectivity index (χ3n) is 4.71. The van der Waals surface area contributed by atoms with E-state index in [1.165, 1.54) is 0 Å². The molecule has 0 atom stereocenters. The van der Waals surface area contributed by atoms with E-state index in [0.717, 1.165) is 51.5 Å². The number of H-pyrrole nitrogens is 1. The molecule has 0 spiro atoms. The Bertz CT molecular complexity index is 1180. The molecule has 212 valence electrons. The van der Waals surface area contributed by atoms with Gasteiger partial charge < -0.3 is 5.32 Å². The van der Waals surface area contributed by atoms with Gasteiger partial charge >= 0.3 is 0 Å². The van der Waals surface area contributed by atoms with E-state index >= 15 is 0 Å². The summed E-state index contributed by atoms with van der Waals surface area (Å²) in [6.45, 7) is 22.7. The number of nitriles is 1. The summed E-state index contributed by atoms with van der Waals surface area (Å²) in [6.07, 6.45) is 16.4.